The minimum absolute atomic E-state index is 0.0536. The molecule has 2 aliphatic heterocycles. The molecule has 1 atom stereocenters. The molecule has 1 aromatic carbocycles. The molecule has 2 fully saturated rings. The molecule has 27 heavy (non-hydrogen) atoms. The number of rotatable bonds is 4. The van der Waals surface area contributed by atoms with Gasteiger partial charge in [-0.1, -0.05) is 0 Å². The van der Waals surface area contributed by atoms with Gasteiger partial charge in [0.1, 0.15) is 5.82 Å². The Balaban J connectivity index is 1.92. The van der Waals surface area contributed by atoms with Gasteiger partial charge in [0.25, 0.3) is 5.91 Å². The first-order valence-corrected chi connectivity index (χ1v) is 9.27. The molecule has 4 nitrogen and oxygen atoms in total. The van der Waals surface area contributed by atoms with Crippen LogP contribution in [0.3, 0.4) is 0 Å². The molecule has 0 saturated carbocycles. The number of carbonyl (C=O) groups excluding carboxylic acids is 1. The van der Waals surface area contributed by atoms with Gasteiger partial charge in [0.15, 0.2) is 0 Å². The monoisotopic (exact) mass is 388 g/mol. The second-order valence-electron chi connectivity index (χ2n) is 7.19. The second-order valence-corrected chi connectivity index (χ2v) is 7.19. The number of alkyl halides is 3. The van der Waals surface area contributed by atoms with Crippen LogP contribution in [-0.2, 0) is 17.3 Å². The Morgan fingerprint density at radius 1 is 1.26 bits per heavy atom. The number of amides is 1. The van der Waals surface area contributed by atoms with E-state index in [1.54, 1.807) is 7.05 Å². The van der Waals surface area contributed by atoms with Gasteiger partial charge >= 0.3 is 6.18 Å². The van der Waals surface area contributed by atoms with Crippen molar-refractivity contribution in [2.45, 2.75) is 50.4 Å². The molecule has 2 saturated heterocycles. The molecule has 3 rings (SSSR count). The SMILES string of the molecule is CN(C(=O)c1ccc(C(F)(F)F)c(CC2CCCO2)c1F)C1CCNCC1. The molecule has 0 aliphatic carbocycles. The van der Waals surface area contributed by atoms with Gasteiger partial charge in [-0.15, -0.1) is 0 Å². The lowest BCUT2D eigenvalue weighted by molar-refractivity contribution is -0.138. The Morgan fingerprint density at radius 2 is 1.96 bits per heavy atom. The summed E-state index contributed by atoms with van der Waals surface area (Å²) in [4.78, 5) is 14.2. The van der Waals surface area contributed by atoms with Crippen LogP contribution in [0.25, 0.3) is 0 Å². The summed E-state index contributed by atoms with van der Waals surface area (Å²) < 4.78 is 60.6. The number of nitrogens with one attached hydrogen (secondary N) is 1. The number of carbonyl (C=O) groups is 1. The molecule has 2 heterocycles. The number of hydrogen-bond acceptors (Lipinski definition) is 3. The van der Waals surface area contributed by atoms with E-state index in [9.17, 15) is 18.0 Å². The normalized spacial score (nSPS) is 21.4. The summed E-state index contributed by atoms with van der Waals surface area (Å²) in [5.74, 6) is -1.66. The summed E-state index contributed by atoms with van der Waals surface area (Å²) in [7, 11) is 1.58. The van der Waals surface area contributed by atoms with Gasteiger partial charge < -0.3 is 15.0 Å². The van der Waals surface area contributed by atoms with Crippen LogP contribution in [0.1, 0.15) is 47.2 Å². The van der Waals surface area contributed by atoms with Crippen molar-refractivity contribution in [3.63, 3.8) is 0 Å². The van der Waals surface area contributed by atoms with Crippen molar-refractivity contribution in [1.29, 1.82) is 0 Å². The quantitative estimate of drug-likeness (QED) is 0.804. The molecule has 2 aliphatic rings. The first-order valence-electron chi connectivity index (χ1n) is 9.27. The van der Waals surface area contributed by atoms with Crippen LogP contribution in [0.4, 0.5) is 17.6 Å². The number of nitrogens with zero attached hydrogens (tertiary/aromatic N) is 1. The third-order valence-corrected chi connectivity index (χ3v) is 5.41. The predicted molar refractivity (Wildman–Crippen MR) is 92.1 cm³/mol. The van der Waals surface area contributed by atoms with E-state index in [0.29, 0.717) is 13.0 Å². The highest BCUT2D eigenvalue weighted by Gasteiger charge is 2.37. The number of benzene rings is 1. The molecule has 1 amide bonds. The lowest BCUT2D eigenvalue weighted by atomic mass is 9.95. The zero-order valence-electron chi connectivity index (χ0n) is 15.2. The van der Waals surface area contributed by atoms with E-state index in [0.717, 1.165) is 44.5 Å². The van der Waals surface area contributed by atoms with Gasteiger partial charge in [0.05, 0.1) is 17.2 Å². The maximum absolute atomic E-state index is 15.1. The summed E-state index contributed by atoms with van der Waals surface area (Å²) >= 11 is 0. The van der Waals surface area contributed by atoms with Crippen LogP contribution in [0.5, 0.6) is 0 Å². The molecule has 1 aromatic rings. The topological polar surface area (TPSA) is 41.6 Å². The fraction of sp³-hybridized carbons (Fsp3) is 0.632. The van der Waals surface area contributed by atoms with Crippen LogP contribution < -0.4 is 5.32 Å². The summed E-state index contributed by atoms with van der Waals surface area (Å²) in [6.45, 7) is 1.97. The molecule has 8 heteroatoms. The van der Waals surface area contributed by atoms with Gasteiger partial charge in [-0.05, 0) is 50.9 Å². The molecule has 150 valence electrons. The second kappa shape index (κ2) is 8.14. The summed E-state index contributed by atoms with van der Waals surface area (Å²) in [6.07, 6.45) is -2.53. The van der Waals surface area contributed by atoms with Crippen molar-refractivity contribution in [3.05, 3.63) is 34.6 Å². The summed E-state index contributed by atoms with van der Waals surface area (Å²) in [5.41, 5.74) is -1.81. The van der Waals surface area contributed by atoms with Crippen LogP contribution in [-0.4, -0.2) is 49.7 Å². The number of halogens is 4. The summed E-state index contributed by atoms with van der Waals surface area (Å²) in [6, 6.07) is 1.72. The first-order chi connectivity index (χ1) is 12.8. The lowest BCUT2D eigenvalue weighted by Crippen LogP contribution is -2.44. The Morgan fingerprint density at radius 3 is 2.56 bits per heavy atom. The highest BCUT2D eigenvalue weighted by molar-refractivity contribution is 5.95. The third kappa shape index (κ3) is 4.43. The van der Waals surface area contributed by atoms with E-state index in [1.807, 2.05) is 0 Å². The van der Waals surface area contributed by atoms with Gasteiger partial charge in [-0.3, -0.25) is 4.79 Å². The van der Waals surface area contributed by atoms with Crippen LogP contribution >= 0.6 is 0 Å². The standard InChI is InChI=1S/C19H24F4N2O2/c1-25(12-6-8-24-9-7-12)18(26)14-4-5-16(19(21,22)23)15(17(14)20)11-13-3-2-10-27-13/h4-5,12-13,24H,2-3,6-11H2,1H3. The van der Waals surface area contributed by atoms with Gasteiger partial charge in [0, 0.05) is 31.7 Å². The van der Waals surface area contributed by atoms with E-state index in [4.69, 9.17) is 4.74 Å². The zero-order chi connectivity index (χ0) is 19.6. The van der Waals surface area contributed by atoms with Gasteiger partial charge in [-0.25, -0.2) is 4.39 Å². The van der Waals surface area contributed by atoms with Gasteiger partial charge in [-0.2, -0.15) is 13.2 Å². The van der Waals surface area contributed by atoms with Crippen molar-refractivity contribution in [2.75, 3.05) is 26.7 Å². The Hall–Kier alpha value is -1.67. The first kappa shape index (κ1) is 20.1. The van der Waals surface area contributed by atoms with Crippen LogP contribution in [0.2, 0.25) is 0 Å². The fourth-order valence-electron chi connectivity index (χ4n) is 3.83. The lowest BCUT2D eigenvalue weighted by Gasteiger charge is -2.32. The average molecular weight is 388 g/mol. The smallest absolute Gasteiger partial charge is 0.378 e. The third-order valence-electron chi connectivity index (χ3n) is 5.41. The number of ether oxygens (including phenoxy) is 1. The van der Waals surface area contributed by atoms with E-state index in [1.165, 1.54) is 4.90 Å². The van der Waals surface area contributed by atoms with E-state index in [2.05, 4.69) is 5.32 Å². The Bertz CT molecular complexity index is 681. The molecular formula is C19H24F4N2O2. The van der Waals surface area contributed by atoms with Crippen molar-refractivity contribution >= 4 is 5.91 Å². The van der Waals surface area contributed by atoms with Crippen molar-refractivity contribution in [3.8, 4) is 0 Å². The Labute approximate surface area is 155 Å². The molecule has 0 bridgehead atoms. The summed E-state index contributed by atoms with van der Waals surface area (Å²) in [5, 5.41) is 3.18. The van der Waals surface area contributed by atoms with Crippen molar-refractivity contribution < 1.29 is 27.1 Å². The van der Waals surface area contributed by atoms with E-state index < -0.39 is 35.1 Å². The average Bonchev–Trinajstić information content (AvgIpc) is 3.15. The van der Waals surface area contributed by atoms with Crippen LogP contribution in [0, 0.1) is 5.82 Å². The molecule has 0 aromatic heterocycles. The van der Waals surface area contributed by atoms with E-state index in [-0.39, 0.29) is 18.0 Å². The Kier molecular flexibility index (Phi) is 6.05. The van der Waals surface area contributed by atoms with Crippen LogP contribution in [0.15, 0.2) is 12.1 Å². The molecule has 0 spiro atoms. The molecule has 0 radical (unpaired) electrons. The highest BCUT2D eigenvalue weighted by atomic mass is 19.4. The van der Waals surface area contributed by atoms with Gasteiger partial charge in [0.2, 0.25) is 0 Å². The largest absolute Gasteiger partial charge is 0.416 e. The molecule has 1 N–H and O–H groups in total. The number of piperidine rings is 1. The highest BCUT2D eigenvalue weighted by Crippen LogP contribution is 2.36. The van der Waals surface area contributed by atoms with E-state index >= 15 is 4.39 Å². The maximum atomic E-state index is 15.1. The number of hydrogen-bond donors (Lipinski definition) is 1. The minimum Gasteiger partial charge on any atom is -0.378 e. The maximum Gasteiger partial charge on any atom is 0.416 e. The zero-order valence-corrected chi connectivity index (χ0v) is 15.2. The van der Waals surface area contributed by atoms with Crippen molar-refractivity contribution in [1.82, 2.24) is 10.2 Å². The predicted octanol–water partition coefficient (Wildman–Crippen LogP) is 3.39. The molecule has 1 unspecified atom stereocenters. The molecular weight excluding hydrogens is 364 g/mol. The minimum atomic E-state index is -4.68. The van der Waals surface area contributed by atoms with Crippen molar-refractivity contribution in [2.24, 2.45) is 0 Å². The fourth-order valence-corrected chi connectivity index (χ4v) is 3.83.